The molecular formula is C57H129N5S. The maximum absolute atomic E-state index is 3.50. The van der Waals surface area contributed by atoms with Gasteiger partial charge in [0.2, 0.25) is 0 Å². The lowest BCUT2D eigenvalue weighted by molar-refractivity contribution is -0.00414. The number of nitrogens with zero attached hydrogens (tertiary/aromatic N) is 4. The van der Waals surface area contributed by atoms with Gasteiger partial charge in [0.15, 0.2) is 0 Å². The summed E-state index contributed by atoms with van der Waals surface area (Å²) in [4.78, 5) is 10.7. The summed E-state index contributed by atoms with van der Waals surface area (Å²) in [5.41, 5.74) is 2.92. The van der Waals surface area contributed by atoms with Crippen molar-refractivity contribution in [3.63, 3.8) is 0 Å². The van der Waals surface area contributed by atoms with Crippen molar-refractivity contribution in [3.8, 4) is 0 Å². The van der Waals surface area contributed by atoms with E-state index in [2.05, 4.69) is 203 Å². The van der Waals surface area contributed by atoms with Crippen molar-refractivity contribution in [1.82, 2.24) is 24.9 Å². The molecule has 388 valence electrons. The maximum atomic E-state index is 3.50. The van der Waals surface area contributed by atoms with Gasteiger partial charge in [0.1, 0.15) is 0 Å². The van der Waals surface area contributed by atoms with Crippen LogP contribution in [-0.2, 0) is 0 Å². The van der Waals surface area contributed by atoms with Crippen LogP contribution in [0.5, 0.6) is 0 Å². The van der Waals surface area contributed by atoms with Gasteiger partial charge in [-0.15, -0.1) is 11.8 Å². The standard InChI is InChI=1S/C13H27N.C12H26N2.C12H25N.C11H23NS.4C2H6.CH4/c1-12(2,3)11-9-7-8-10-14(11)13(4,5)6;1-11(2,3)10-9-13-7-8-14(10)12(4,5)6;1-11(2,3)10-8-7-9-13(10)12(4,5)6;1-10(2,3)9-7-13-8-12(9)11(4,5)6;4*1-2;/h11H,7-10H2,1-6H3;10,13H,7-9H2,1-6H3;10H,7-9H2,1-6H3;9H,7-8H2,1-6H3;4*1-2H3;1H4. The second kappa shape index (κ2) is 31.3. The fourth-order valence-electron chi connectivity index (χ4n) is 9.21. The van der Waals surface area contributed by atoms with Crippen molar-refractivity contribution in [2.45, 2.75) is 307 Å². The van der Waals surface area contributed by atoms with E-state index < -0.39 is 0 Å². The van der Waals surface area contributed by atoms with Gasteiger partial charge in [-0.1, -0.05) is 152 Å². The van der Waals surface area contributed by atoms with Crippen molar-refractivity contribution in [3.05, 3.63) is 0 Å². The number of nitrogens with one attached hydrogen (secondary N) is 1. The Balaban J connectivity index is -0.000000224. The highest BCUT2D eigenvalue weighted by molar-refractivity contribution is 7.99. The summed E-state index contributed by atoms with van der Waals surface area (Å²) in [6, 6.07) is 2.91. The predicted molar refractivity (Wildman–Crippen MR) is 299 cm³/mol. The van der Waals surface area contributed by atoms with E-state index in [4.69, 9.17) is 0 Å². The first-order valence-corrected chi connectivity index (χ1v) is 27.4. The molecule has 0 bridgehead atoms. The van der Waals surface area contributed by atoms with Crippen molar-refractivity contribution in [2.24, 2.45) is 21.7 Å². The summed E-state index contributed by atoms with van der Waals surface area (Å²) in [5.74, 6) is 2.49. The third-order valence-electron chi connectivity index (χ3n) is 12.3. The average molecular weight is 917 g/mol. The number of thioether (sulfide) groups is 1. The molecule has 0 aromatic carbocycles. The largest absolute Gasteiger partial charge is 0.314 e. The molecule has 0 saturated carbocycles. The van der Waals surface area contributed by atoms with Crippen molar-refractivity contribution in [1.29, 1.82) is 0 Å². The van der Waals surface area contributed by atoms with E-state index in [1.165, 1.54) is 63.4 Å². The van der Waals surface area contributed by atoms with Gasteiger partial charge < -0.3 is 5.32 Å². The smallest absolute Gasteiger partial charge is 0.0453 e. The minimum Gasteiger partial charge on any atom is -0.314 e. The monoisotopic (exact) mass is 916 g/mol. The van der Waals surface area contributed by atoms with Crippen LogP contribution >= 0.6 is 11.8 Å². The number of hydrogen-bond donors (Lipinski definition) is 1. The summed E-state index contributed by atoms with van der Waals surface area (Å²) in [6.07, 6.45) is 6.92. The molecule has 4 heterocycles. The third-order valence-corrected chi connectivity index (χ3v) is 13.3. The zero-order valence-electron chi connectivity index (χ0n) is 49.5. The van der Waals surface area contributed by atoms with Crippen molar-refractivity contribution in [2.75, 3.05) is 44.4 Å². The molecule has 5 nitrogen and oxygen atoms in total. The Morgan fingerprint density at radius 1 is 0.365 bits per heavy atom. The van der Waals surface area contributed by atoms with Crippen LogP contribution < -0.4 is 5.32 Å². The minimum atomic E-state index is 0. The lowest BCUT2D eigenvalue weighted by Crippen LogP contribution is -2.62. The van der Waals surface area contributed by atoms with Gasteiger partial charge in [-0.3, -0.25) is 19.6 Å². The van der Waals surface area contributed by atoms with Crippen LogP contribution in [0.3, 0.4) is 0 Å². The zero-order valence-corrected chi connectivity index (χ0v) is 50.3. The van der Waals surface area contributed by atoms with Crippen LogP contribution in [0.4, 0.5) is 0 Å². The number of piperidine rings is 1. The van der Waals surface area contributed by atoms with Gasteiger partial charge in [-0.2, -0.15) is 0 Å². The van der Waals surface area contributed by atoms with Crippen LogP contribution in [0.2, 0.25) is 0 Å². The summed E-state index contributed by atoms with van der Waals surface area (Å²) < 4.78 is 0. The van der Waals surface area contributed by atoms with Crippen LogP contribution in [-0.4, -0.2) is 110 Å². The highest BCUT2D eigenvalue weighted by Gasteiger charge is 2.41. The molecule has 0 radical (unpaired) electrons. The normalized spacial score (nSPS) is 23.2. The molecule has 0 aromatic heterocycles. The molecule has 4 aliphatic rings. The Hall–Kier alpha value is 0.150. The maximum Gasteiger partial charge on any atom is 0.0453 e. The number of likely N-dealkylation sites (tertiary alicyclic amines) is 2. The summed E-state index contributed by atoms with van der Waals surface area (Å²) >= 11 is 2.07. The van der Waals surface area contributed by atoms with Gasteiger partial charge in [0.25, 0.3) is 0 Å². The van der Waals surface area contributed by atoms with Gasteiger partial charge in [0.05, 0.1) is 0 Å². The van der Waals surface area contributed by atoms with Crippen molar-refractivity contribution >= 4 is 11.8 Å². The first-order valence-electron chi connectivity index (χ1n) is 26.3. The predicted octanol–water partition coefficient (Wildman–Crippen LogP) is 17.0. The molecule has 63 heavy (non-hydrogen) atoms. The lowest BCUT2D eigenvalue weighted by Gasteiger charge is -2.50. The molecule has 1 N–H and O–H groups in total. The van der Waals surface area contributed by atoms with E-state index in [9.17, 15) is 0 Å². The van der Waals surface area contributed by atoms with Gasteiger partial charge in [-0.25, -0.2) is 0 Å². The van der Waals surface area contributed by atoms with Gasteiger partial charge in [-0.05, 0) is 144 Å². The molecule has 4 fully saturated rings. The fourth-order valence-corrected chi connectivity index (χ4v) is 11.0. The molecule has 4 aliphatic heterocycles. The van der Waals surface area contributed by atoms with E-state index in [1.54, 1.807) is 0 Å². The SMILES string of the molecule is C.CC.CC.CC.CC.CC(C)(C)C1CCCCN1C(C)(C)C.CC(C)(C)C1CCCN1C(C)(C)C.CC(C)(C)C1CNCCN1C(C)(C)C.CC(C)(C)C1CSCN1C(C)(C)C. The molecule has 0 amide bonds. The second-order valence-corrected chi connectivity index (χ2v) is 26.6. The number of rotatable bonds is 0. The van der Waals surface area contributed by atoms with Gasteiger partial charge >= 0.3 is 0 Å². The van der Waals surface area contributed by atoms with Crippen LogP contribution in [0, 0.1) is 21.7 Å². The Morgan fingerprint density at radius 2 is 0.667 bits per heavy atom. The lowest BCUT2D eigenvalue weighted by atomic mass is 9.78. The minimum absolute atomic E-state index is 0. The highest BCUT2D eigenvalue weighted by Crippen LogP contribution is 2.39. The highest BCUT2D eigenvalue weighted by atomic mass is 32.2. The van der Waals surface area contributed by atoms with Crippen LogP contribution in [0.1, 0.15) is 261 Å². The first kappa shape index (κ1) is 72.1. The molecular weight excluding hydrogens is 787 g/mol. The zero-order chi connectivity index (χ0) is 50.5. The Morgan fingerprint density at radius 3 is 0.937 bits per heavy atom. The Kier molecular flexibility index (Phi) is 35.9. The van der Waals surface area contributed by atoms with Crippen molar-refractivity contribution < 1.29 is 0 Å². The van der Waals surface area contributed by atoms with E-state index in [-0.39, 0.29) is 7.43 Å². The third kappa shape index (κ3) is 27.7. The van der Waals surface area contributed by atoms with Crippen LogP contribution in [0.25, 0.3) is 0 Å². The summed E-state index contributed by atoms with van der Waals surface area (Å²) in [6.45, 7) is 78.2. The Labute approximate surface area is 408 Å². The first-order chi connectivity index (χ1) is 27.9. The average Bonchev–Trinajstić information content (AvgIpc) is 3.87. The van der Waals surface area contributed by atoms with Crippen LogP contribution in [0.15, 0.2) is 0 Å². The topological polar surface area (TPSA) is 25.0 Å². The molecule has 4 saturated heterocycles. The van der Waals surface area contributed by atoms with Gasteiger partial charge in [0, 0.05) is 77.6 Å². The molecule has 6 heteroatoms. The molecule has 0 spiro atoms. The molecule has 4 unspecified atom stereocenters. The number of piperazine rings is 1. The van der Waals surface area contributed by atoms with E-state index in [0.29, 0.717) is 49.9 Å². The molecule has 4 atom stereocenters. The number of hydrogen-bond acceptors (Lipinski definition) is 6. The van der Waals surface area contributed by atoms with E-state index in [1.807, 2.05) is 55.4 Å². The molecule has 4 rings (SSSR count). The summed E-state index contributed by atoms with van der Waals surface area (Å²) in [7, 11) is 0. The Bertz CT molecular complexity index is 892. The van der Waals surface area contributed by atoms with E-state index in [0.717, 1.165) is 31.2 Å². The molecule has 0 aromatic rings. The van der Waals surface area contributed by atoms with E-state index >= 15 is 0 Å². The fraction of sp³-hybridized carbons (Fsp3) is 1.00. The molecule has 0 aliphatic carbocycles. The quantitative estimate of drug-likeness (QED) is 0.260. The summed E-state index contributed by atoms with van der Waals surface area (Å²) in [5, 5.41) is 3.50. The second-order valence-electron chi connectivity index (χ2n) is 25.6.